The van der Waals surface area contributed by atoms with Gasteiger partial charge in [-0.3, -0.25) is 0 Å². The quantitative estimate of drug-likeness (QED) is 0.909. The molecule has 1 aromatic heterocycles. The molecule has 0 spiro atoms. The van der Waals surface area contributed by atoms with E-state index >= 15 is 0 Å². The molecule has 2 aromatic rings. The van der Waals surface area contributed by atoms with Crippen LogP contribution >= 0.6 is 11.3 Å². The van der Waals surface area contributed by atoms with Crippen LogP contribution in [-0.4, -0.2) is 13.4 Å². The summed E-state index contributed by atoms with van der Waals surface area (Å²) in [5.41, 5.74) is -0.469. The van der Waals surface area contributed by atoms with Crippen LogP contribution < -0.4 is 4.72 Å². The van der Waals surface area contributed by atoms with Gasteiger partial charge in [0.15, 0.2) is 0 Å². The Bertz CT molecular complexity index is 824. The fourth-order valence-corrected chi connectivity index (χ4v) is 4.52. The van der Waals surface area contributed by atoms with Crippen molar-refractivity contribution in [1.29, 1.82) is 5.26 Å². The number of nitrogens with zero attached hydrogens (tertiary/aromatic N) is 2. The Morgan fingerprint density at radius 2 is 2.23 bits per heavy atom. The number of hydrogen-bond acceptors (Lipinski definition) is 5. The minimum atomic E-state index is -4.00. The Balaban J connectivity index is 1.97. The van der Waals surface area contributed by atoms with Gasteiger partial charge in [-0.25, -0.2) is 22.5 Å². The molecule has 0 amide bonds. The topological polar surface area (TPSA) is 82.8 Å². The first kappa shape index (κ1) is 15.1. The van der Waals surface area contributed by atoms with E-state index < -0.39 is 27.4 Å². The van der Waals surface area contributed by atoms with Crippen LogP contribution in [0.1, 0.15) is 29.5 Å². The van der Waals surface area contributed by atoms with Crippen molar-refractivity contribution in [2.45, 2.75) is 23.8 Å². The maximum atomic E-state index is 13.6. The van der Waals surface area contributed by atoms with Crippen molar-refractivity contribution >= 4 is 21.4 Å². The normalized spacial score (nSPS) is 16.2. The van der Waals surface area contributed by atoms with Crippen molar-refractivity contribution in [2.75, 3.05) is 0 Å². The summed E-state index contributed by atoms with van der Waals surface area (Å²) in [7, 11) is -4.00. The van der Waals surface area contributed by atoms with E-state index in [1.54, 1.807) is 17.6 Å². The molecule has 1 fully saturated rings. The number of thiazole rings is 1. The van der Waals surface area contributed by atoms with Crippen LogP contribution in [-0.2, 0) is 10.0 Å². The standard InChI is InChI=1S/C14H12FN3O2S2/c15-11-2-1-3-12(10(11)8-16)22(19,20)18-13(9-4-5-9)14-17-6-7-21-14/h1-3,6-7,9,13,18H,4-5H2/t13-/m0/s1. The third-order valence-corrected chi connectivity index (χ3v) is 5.81. The summed E-state index contributed by atoms with van der Waals surface area (Å²) >= 11 is 1.37. The van der Waals surface area contributed by atoms with E-state index in [0.717, 1.165) is 18.9 Å². The lowest BCUT2D eigenvalue weighted by atomic mass is 10.2. The van der Waals surface area contributed by atoms with Crippen molar-refractivity contribution < 1.29 is 12.8 Å². The third kappa shape index (κ3) is 2.88. The molecule has 5 nitrogen and oxygen atoms in total. The zero-order valence-electron chi connectivity index (χ0n) is 11.4. The maximum absolute atomic E-state index is 13.6. The Kier molecular flexibility index (Phi) is 3.95. The van der Waals surface area contributed by atoms with E-state index in [4.69, 9.17) is 5.26 Å². The van der Waals surface area contributed by atoms with Crippen molar-refractivity contribution in [1.82, 2.24) is 9.71 Å². The fraction of sp³-hybridized carbons (Fsp3) is 0.286. The molecule has 1 aliphatic carbocycles. The lowest BCUT2D eigenvalue weighted by Gasteiger charge is -2.16. The van der Waals surface area contributed by atoms with Gasteiger partial charge in [0.2, 0.25) is 10.0 Å². The van der Waals surface area contributed by atoms with Crippen molar-refractivity contribution in [3.63, 3.8) is 0 Å². The highest BCUT2D eigenvalue weighted by atomic mass is 32.2. The first-order valence-electron chi connectivity index (χ1n) is 6.63. The molecule has 22 heavy (non-hydrogen) atoms. The number of sulfonamides is 1. The molecule has 0 radical (unpaired) electrons. The number of rotatable bonds is 5. The lowest BCUT2D eigenvalue weighted by Crippen LogP contribution is -2.30. The molecule has 114 valence electrons. The van der Waals surface area contributed by atoms with Gasteiger partial charge in [0.05, 0.1) is 6.04 Å². The van der Waals surface area contributed by atoms with Gasteiger partial charge in [-0.2, -0.15) is 5.26 Å². The van der Waals surface area contributed by atoms with Gasteiger partial charge in [-0.05, 0) is 30.9 Å². The predicted molar refractivity (Wildman–Crippen MR) is 79.0 cm³/mol. The van der Waals surface area contributed by atoms with Crippen LogP contribution in [0.15, 0.2) is 34.7 Å². The number of aromatic nitrogens is 1. The highest BCUT2D eigenvalue weighted by Crippen LogP contribution is 2.42. The van der Waals surface area contributed by atoms with Gasteiger partial charge in [-0.1, -0.05) is 6.07 Å². The number of nitrogens with one attached hydrogen (secondary N) is 1. The van der Waals surface area contributed by atoms with Crippen molar-refractivity contribution in [3.05, 3.63) is 46.2 Å². The molecular formula is C14H12FN3O2S2. The number of halogens is 1. The number of nitriles is 1. The van der Waals surface area contributed by atoms with Gasteiger partial charge >= 0.3 is 0 Å². The molecule has 1 saturated carbocycles. The van der Waals surface area contributed by atoms with Crippen LogP contribution in [0.5, 0.6) is 0 Å². The summed E-state index contributed by atoms with van der Waals surface area (Å²) in [6, 6.07) is 4.76. The van der Waals surface area contributed by atoms with E-state index in [2.05, 4.69) is 9.71 Å². The molecule has 0 bridgehead atoms. The summed E-state index contributed by atoms with van der Waals surface area (Å²) in [6.45, 7) is 0. The minimum Gasteiger partial charge on any atom is -0.248 e. The Hall–Kier alpha value is -1.82. The summed E-state index contributed by atoms with van der Waals surface area (Å²) in [5, 5.41) is 11.5. The van der Waals surface area contributed by atoms with E-state index in [1.165, 1.54) is 23.5 Å². The Morgan fingerprint density at radius 3 is 2.82 bits per heavy atom. The van der Waals surface area contributed by atoms with Crippen molar-refractivity contribution in [2.24, 2.45) is 5.92 Å². The first-order valence-corrected chi connectivity index (χ1v) is 8.99. The average Bonchev–Trinajstić information content (AvgIpc) is 3.19. The van der Waals surface area contributed by atoms with E-state index in [9.17, 15) is 12.8 Å². The number of hydrogen-bond donors (Lipinski definition) is 1. The highest BCUT2D eigenvalue weighted by molar-refractivity contribution is 7.89. The second kappa shape index (κ2) is 5.76. The van der Waals surface area contributed by atoms with Crippen molar-refractivity contribution in [3.8, 4) is 6.07 Å². The van der Waals surface area contributed by atoms with E-state index in [1.807, 2.05) is 0 Å². The van der Waals surface area contributed by atoms with Gasteiger partial charge in [0.1, 0.15) is 27.4 Å². The Morgan fingerprint density at radius 1 is 1.45 bits per heavy atom. The van der Waals surface area contributed by atoms with Gasteiger partial charge < -0.3 is 0 Å². The zero-order chi connectivity index (χ0) is 15.7. The summed E-state index contributed by atoms with van der Waals surface area (Å²) in [6.07, 6.45) is 3.45. The summed E-state index contributed by atoms with van der Waals surface area (Å²) in [4.78, 5) is 3.83. The SMILES string of the molecule is N#Cc1c(F)cccc1S(=O)(=O)N[C@H](c1nccs1)C1CC1. The molecular weight excluding hydrogens is 325 g/mol. The monoisotopic (exact) mass is 337 g/mol. The van der Waals surface area contributed by atoms with Gasteiger partial charge in [0, 0.05) is 11.6 Å². The molecule has 0 aliphatic heterocycles. The molecule has 1 atom stereocenters. The van der Waals surface area contributed by atoms with Crippen LogP contribution in [0.2, 0.25) is 0 Å². The molecule has 0 saturated heterocycles. The predicted octanol–water partition coefficient (Wildman–Crippen LogP) is 2.58. The van der Waals surface area contributed by atoms with Gasteiger partial charge in [0.25, 0.3) is 0 Å². The number of benzene rings is 1. The lowest BCUT2D eigenvalue weighted by molar-refractivity contribution is 0.526. The van der Waals surface area contributed by atoms with Crippen LogP contribution in [0, 0.1) is 23.1 Å². The largest absolute Gasteiger partial charge is 0.248 e. The smallest absolute Gasteiger partial charge is 0.242 e. The first-order chi connectivity index (χ1) is 10.5. The molecule has 8 heteroatoms. The van der Waals surface area contributed by atoms with E-state index in [0.29, 0.717) is 5.01 Å². The molecule has 1 aliphatic rings. The maximum Gasteiger partial charge on any atom is 0.242 e. The highest BCUT2D eigenvalue weighted by Gasteiger charge is 2.37. The summed E-state index contributed by atoms with van der Waals surface area (Å²) < 4.78 is 41.3. The minimum absolute atomic E-state index is 0.194. The fourth-order valence-electron chi connectivity index (χ4n) is 2.23. The zero-order valence-corrected chi connectivity index (χ0v) is 13.0. The molecule has 0 unspecified atom stereocenters. The summed E-state index contributed by atoms with van der Waals surface area (Å²) in [5.74, 6) is -0.650. The average molecular weight is 337 g/mol. The Labute approximate surface area is 131 Å². The van der Waals surface area contributed by atoms with Crippen LogP contribution in [0.4, 0.5) is 4.39 Å². The molecule has 1 N–H and O–H groups in total. The molecule has 3 rings (SSSR count). The van der Waals surface area contributed by atoms with Gasteiger partial charge in [-0.15, -0.1) is 11.3 Å². The molecule has 1 heterocycles. The molecule has 1 aromatic carbocycles. The van der Waals surface area contributed by atoms with Crippen LogP contribution in [0.25, 0.3) is 0 Å². The van der Waals surface area contributed by atoms with Crippen LogP contribution in [0.3, 0.4) is 0 Å². The third-order valence-electron chi connectivity index (χ3n) is 3.47. The second-order valence-electron chi connectivity index (χ2n) is 5.03. The second-order valence-corrected chi connectivity index (χ2v) is 7.64. The van der Waals surface area contributed by atoms with E-state index in [-0.39, 0.29) is 10.8 Å².